The number of benzene rings is 2. The predicted molar refractivity (Wildman–Crippen MR) is 126 cm³/mol. The lowest BCUT2D eigenvalue weighted by molar-refractivity contribution is -0.126. The zero-order chi connectivity index (χ0) is 24.5. The van der Waals surface area contributed by atoms with Gasteiger partial charge in [0.05, 0.1) is 27.4 Å². The Labute approximate surface area is 202 Å². The highest BCUT2D eigenvalue weighted by Gasteiger charge is 2.31. The van der Waals surface area contributed by atoms with E-state index < -0.39 is 17.7 Å². The fourth-order valence-electron chi connectivity index (χ4n) is 2.79. The molecular formula is C22H25Cl2N3O6. The molecule has 0 aliphatic heterocycles. The first-order valence-electron chi connectivity index (χ1n) is 9.99. The third kappa shape index (κ3) is 6.49. The Morgan fingerprint density at radius 1 is 1.00 bits per heavy atom. The number of halogens is 2. The minimum atomic E-state index is -1.52. The molecule has 0 spiro atoms. The van der Waals surface area contributed by atoms with Crippen molar-refractivity contribution in [1.29, 1.82) is 0 Å². The van der Waals surface area contributed by atoms with Crippen molar-refractivity contribution in [2.45, 2.75) is 26.8 Å². The number of ether oxygens (including phenoxy) is 4. The van der Waals surface area contributed by atoms with E-state index >= 15 is 0 Å². The van der Waals surface area contributed by atoms with Gasteiger partial charge in [0, 0.05) is 35.0 Å². The normalized spacial score (nSPS) is 11.7. The van der Waals surface area contributed by atoms with Gasteiger partial charge in [-0.2, -0.15) is 5.11 Å². The molecule has 1 unspecified atom stereocenters. The minimum Gasteiger partial charge on any atom is -0.494 e. The molecule has 1 amide bonds. The first kappa shape index (κ1) is 26.2. The highest BCUT2D eigenvalue weighted by molar-refractivity contribution is 6.39. The molecular weight excluding hydrogens is 473 g/mol. The third-order valence-corrected chi connectivity index (χ3v) is 4.85. The lowest BCUT2D eigenvalue weighted by Crippen LogP contribution is -2.36. The Morgan fingerprint density at radius 3 is 2.12 bits per heavy atom. The van der Waals surface area contributed by atoms with E-state index in [0.717, 1.165) is 4.42 Å². The van der Waals surface area contributed by atoms with Crippen molar-refractivity contribution >= 4 is 46.4 Å². The maximum absolute atomic E-state index is 13.1. The van der Waals surface area contributed by atoms with Crippen molar-refractivity contribution in [3.05, 3.63) is 35.4 Å². The molecule has 2 aromatic carbocycles. The SMILES string of the molecule is CCOc1ccc(N(Cl)C(=O)C(N=Nc2c(OC)cc(Cl)cc2OC)C(C)=O)c(OCC)c1. The number of ketones is 1. The summed E-state index contributed by atoms with van der Waals surface area (Å²) in [5, 5.41) is 8.34. The maximum atomic E-state index is 13.1. The van der Waals surface area contributed by atoms with Gasteiger partial charge in [-0.3, -0.25) is 9.59 Å². The van der Waals surface area contributed by atoms with Crippen molar-refractivity contribution in [2.24, 2.45) is 10.2 Å². The molecule has 0 saturated heterocycles. The molecule has 1 atom stereocenters. The van der Waals surface area contributed by atoms with E-state index in [4.69, 9.17) is 42.3 Å². The van der Waals surface area contributed by atoms with Crippen molar-refractivity contribution in [3.8, 4) is 23.0 Å². The lowest BCUT2D eigenvalue weighted by atomic mass is 10.2. The molecule has 0 aliphatic carbocycles. The second-order valence-electron chi connectivity index (χ2n) is 6.50. The van der Waals surface area contributed by atoms with Gasteiger partial charge in [0.25, 0.3) is 5.91 Å². The van der Waals surface area contributed by atoms with Crippen LogP contribution in [0.2, 0.25) is 5.02 Å². The number of Topliss-reactive ketones (excluding diaryl/α,β-unsaturated/α-hetero) is 1. The second-order valence-corrected chi connectivity index (χ2v) is 7.28. The smallest absolute Gasteiger partial charge is 0.276 e. The molecule has 0 fully saturated rings. The second kappa shape index (κ2) is 12.3. The van der Waals surface area contributed by atoms with E-state index in [1.807, 2.05) is 6.92 Å². The summed E-state index contributed by atoms with van der Waals surface area (Å²) < 4.78 is 22.4. The van der Waals surface area contributed by atoms with Crippen LogP contribution in [-0.4, -0.2) is 45.2 Å². The van der Waals surface area contributed by atoms with Gasteiger partial charge in [0.1, 0.15) is 17.2 Å². The first-order valence-corrected chi connectivity index (χ1v) is 10.7. The summed E-state index contributed by atoms with van der Waals surface area (Å²) in [6, 6.07) is 6.29. The van der Waals surface area contributed by atoms with E-state index in [1.165, 1.54) is 33.3 Å². The van der Waals surface area contributed by atoms with Crippen LogP contribution in [0, 0.1) is 0 Å². The highest BCUT2D eigenvalue weighted by atomic mass is 35.5. The number of methoxy groups -OCH3 is 2. The Morgan fingerprint density at radius 2 is 1.61 bits per heavy atom. The van der Waals surface area contributed by atoms with Crippen molar-refractivity contribution < 1.29 is 28.5 Å². The van der Waals surface area contributed by atoms with Crippen LogP contribution in [-0.2, 0) is 9.59 Å². The monoisotopic (exact) mass is 497 g/mol. The van der Waals surface area contributed by atoms with Gasteiger partial charge in [-0.25, -0.2) is 4.42 Å². The number of carbonyl (C=O) groups excluding carboxylic acids is 2. The first-order chi connectivity index (χ1) is 15.8. The van der Waals surface area contributed by atoms with Gasteiger partial charge in [-0.05, 0) is 32.9 Å². The molecule has 0 radical (unpaired) electrons. The van der Waals surface area contributed by atoms with Crippen LogP contribution in [0.5, 0.6) is 23.0 Å². The summed E-state index contributed by atoms with van der Waals surface area (Å²) in [4.78, 5) is 25.3. The Hall–Kier alpha value is -3.04. The van der Waals surface area contributed by atoms with Crippen molar-refractivity contribution in [1.82, 2.24) is 0 Å². The number of amides is 1. The van der Waals surface area contributed by atoms with Crippen LogP contribution in [0.3, 0.4) is 0 Å². The molecule has 0 aromatic heterocycles. The largest absolute Gasteiger partial charge is 0.494 e. The van der Waals surface area contributed by atoms with Gasteiger partial charge in [0.2, 0.25) is 6.04 Å². The van der Waals surface area contributed by atoms with E-state index in [-0.39, 0.29) is 22.9 Å². The van der Waals surface area contributed by atoms with Gasteiger partial charge < -0.3 is 18.9 Å². The van der Waals surface area contributed by atoms with Crippen LogP contribution in [0.1, 0.15) is 20.8 Å². The van der Waals surface area contributed by atoms with E-state index in [2.05, 4.69) is 10.2 Å². The number of nitrogens with zero attached hydrogens (tertiary/aromatic N) is 3. The van der Waals surface area contributed by atoms with Gasteiger partial charge in [0.15, 0.2) is 23.0 Å². The molecule has 33 heavy (non-hydrogen) atoms. The molecule has 0 heterocycles. The van der Waals surface area contributed by atoms with Crippen molar-refractivity contribution in [2.75, 3.05) is 31.9 Å². The standard InChI is InChI=1S/C22H25Cl2N3O6/c1-6-32-15-8-9-16(17(12-15)33-7-2)27(24)22(29)20(13(3)28)25-26-21-18(30-4)10-14(23)11-19(21)31-5/h8-12,20H,6-7H2,1-5H3. The van der Waals surface area contributed by atoms with Gasteiger partial charge in [-0.1, -0.05) is 11.6 Å². The van der Waals surface area contributed by atoms with Gasteiger partial charge >= 0.3 is 0 Å². The Bertz CT molecular complexity index is 1010. The van der Waals surface area contributed by atoms with Crippen LogP contribution in [0.25, 0.3) is 0 Å². The van der Waals surface area contributed by atoms with Crippen LogP contribution < -0.4 is 23.4 Å². The topological polar surface area (TPSA) is 99.0 Å². The third-order valence-electron chi connectivity index (χ3n) is 4.28. The predicted octanol–water partition coefficient (Wildman–Crippen LogP) is 5.38. The average Bonchev–Trinajstić information content (AvgIpc) is 2.79. The quantitative estimate of drug-likeness (QED) is 0.234. The summed E-state index contributed by atoms with van der Waals surface area (Å²) in [7, 11) is 2.83. The molecule has 0 bridgehead atoms. The number of rotatable bonds is 11. The van der Waals surface area contributed by atoms with Crippen molar-refractivity contribution in [3.63, 3.8) is 0 Å². The Balaban J connectivity index is 2.41. The molecule has 11 heteroatoms. The molecule has 0 saturated carbocycles. The maximum Gasteiger partial charge on any atom is 0.276 e. The zero-order valence-electron chi connectivity index (χ0n) is 18.9. The molecule has 2 rings (SSSR count). The van der Waals surface area contributed by atoms with E-state index in [0.29, 0.717) is 29.7 Å². The number of carbonyl (C=O) groups is 2. The molecule has 2 aromatic rings. The number of hydrogen-bond donors (Lipinski definition) is 0. The fourth-order valence-corrected chi connectivity index (χ4v) is 3.22. The van der Waals surface area contributed by atoms with Crippen LogP contribution >= 0.6 is 23.4 Å². The highest BCUT2D eigenvalue weighted by Crippen LogP contribution is 2.41. The zero-order valence-corrected chi connectivity index (χ0v) is 20.4. The molecule has 0 aliphatic rings. The summed E-state index contributed by atoms with van der Waals surface area (Å²) in [6.45, 7) is 5.63. The summed E-state index contributed by atoms with van der Waals surface area (Å²) in [5.74, 6) is -0.00870. The molecule has 9 nitrogen and oxygen atoms in total. The number of hydrogen-bond acceptors (Lipinski definition) is 8. The molecule has 0 N–H and O–H groups in total. The average molecular weight is 498 g/mol. The number of azo groups is 1. The summed E-state index contributed by atoms with van der Waals surface area (Å²) in [5.41, 5.74) is 0.399. The number of anilines is 1. The Kier molecular flexibility index (Phi) is 9.74. The minimum absolute atomic E-state index is 0.167. The summed E-state index contributed by atoms with van der Waals surface area (Å²) in [6.07, 6.45) is 0. The summed E-state index contributed by atoms with van der Waals surface area (Å²) >= 11 is 12.4. The van der Waals surface area contributed by atoms with Crippen LogP contribution in [0.15, 0.2) is 40.6 Å². The lowest BCUT2D eigenvalue weighted by Gasteiger charge is -2.20. The molecule has 178 valence electrons. The fraction of sp³-hybridized carbons (Fsp3) is 0.364. The van der Waals surface area contributed by atoms with Gasteiger partial charge in [-0.15, -0.1) is 5.11 Å². The van der Waals surface area contributed by atoms with Crippen LogP contribution in [0.4, 0.5) is 11.4 Å². The van der Waals surface area contributed by atoms with E-state index in [9.17, 15) is 9.59 Å². The van der Waals surface area contributed by atoms with E-state index in [1.54, 1.807) is 25.1 Å².